The molecule has 0 aliphatic carbocycles. The summed E-state index contributed by atoms with van der Waals surface area (Å²) in [4.78, 5) is 2.87. The first kappa shape index (κ1) is 10.1. The molecule has 0 nitrogen and oxygen atoms in total. The monoisotopic (exact) mass is 254 g/mol. The minimum atomic E-state index is 0.611. The molecule has 3 rings (SSSR count). The van der Waals surface area contributed by atoms with Gasteiger partial charge in [0.05, 0.1) is 0 Å². The molecule has 0 amide bonds. The molecular weight excluding hydrogens is 244 g/mol. The number of fused-ring (bicyclic) bond motifs is 3. The van der Waals surface area contributed by atoms with Gasteiger partial charge < -0.3 is 0 Å². The molecule has 0 fully saturated rings. The van der Waals surface area contributed by atoms with Crippen molar-refractivity contribution in [3.05, 3.63) is 39.8 Å². The highest BCUT2D eigenvalue weighted by Gasteiger charge is 2.33. The van der Waals surface area contributed by atoms with Gasteiger partial charge in [-0.2, -0.15) is 0 Å². The summed E-state index contributed by atoms with van der Waals surface area (Å²) in [7, 11) is 0. The molecule has 2 heterocycles. The van der Waals surface area contributed by atoms with Crippen LogP contribution in [0, 0.1) is 5.92 Å². The maximum Gasteiger partial charge on any atom is 0.0423 e. The summed E-state index contributed by atoms with van der Waals surface area (Å²) >= 11 is 10.0. The lowest BCUT2D eigenvalue weighted by Crippen LogP contribution is -2.12. The number of benzene rings is 1. The van der Waals surface area contributed by atoms with Crippen molar-refractivity contribution in [2.45, 2.75) is 17.1 Å². The third-order valence-electron chi connectivity index (χ3n) is 2.86. The predicted molar refractivity (Wildman–Crippen MR) is 69.8 cm³/mol. The zero-order valence-corrected chi connectivity index (χ0v) is 10.8. The second-order valence-electron chi connectivity index (χ2n) is 3.97. The quantitative estimate of drug-likeness (QED) is 0.655. The molecule has 0 spiro atoms. The van der Waals surface area contributed by atoms with Crippen molar-refractivity contribution in [3.63, 3.8) is 0 Å². The molecule has 2 atom stereocenters. The van der Waals surface area contributed by atoms with E-state index in [1.54, 1.807) is 0 Å². The third kappa shape index (κ3) is 1.73. The third-order valence-corrected chi connectivity index (χ3v) is 5.69. The van der Waals surface area contributed by atoms with E-state index >= 15 is 0 Å². The summed E-state index contributed by atoms with van der Waals surface area (Å²) in [6.45, 7) is 2.21. The Bertz CT molecular complexity index is 439. The van der Waals surface area contributed by atoms with Gasteiger partial charge in [-0.3, -0.25) is 0 Å². The Morgan fingerprint density at radius 1 is 1.40 bits per heavy atom. The largest absolute Gasteiger partial charge is 0.125 e. The number of thioether (sulfide) groups is 2. The fourth-order valence-corrected chi connectivity index (χ4v) is 5.08. The number of allylic oxidation sites excluding steroid dienone is 2. The van der Waals surface area contributed by atoms with Crippen LogP contribution in [-0.4, -0.2) is 5.75 Å². The lowest BCUT2D eigenvalue weighted by atomic mass is 9.99. The van der Waals surface area contributed by atoms with Crippen molar-refractivity contribution < 1.29 is 0 Å². The number of rotatable bonds is 0. The first-order chi connectivity index (χ1) is 7.24. The Hall–Kier alpha value is -0.0500. The van der Waals surface area contributed by atoms with Gasteiger partial charge in [0.1, 0.15) is 0 Å². The van der Waals surface area contributed by atoms with Crippen LogP contribution in [0.2, 0.25) is 5.02 Å². The van der Waals surface area contributed by atoms with Gasteiger partial charge >= 0.3 is 0 Å². The second kappa shape index (κ2) is 3.76. The Morgan fingerprint density at radius 3 is 3.13 bits per heavy atom. The molecule has 0 radical (unpaired) electrons. The molecule has 0 aromatic heterocycles. The first-order valence-corrected chi connectivity index (χ1v) is 7.26. The summed E-state index contributed by atoms with van der Waals surface area (Å²) in [6, 6.07) is 6.29. The van der Waals surface area contributed by atoms with Crippen LogP contribution in [0.25, 0.3) is 0 Å². The molecule has 0 bridgehead atoms. The fourth-order valence-electron chi connectivity index (χ4n) is 2.20. The zero-order chi connectivity index (χ0) is 10.4. The van der Waals surface area contributed by atoms with Crippen LogP contribution in [-0.2, 0) is 0 Å². The van der Waals surface area contributed by atoms with Crippen LogP contribution in [0.1, 0.15) is 17.7 Å². The smallest absolute Gasteiger partial charge is 0.0423 e. The Balaban J connectivity index is 2.05. The highest BCUT2D eigenvalue weighted by atomic mass is 35.5. The molecule has 0 N–H and O–H groups in total. The van der Waals surface area contributed by atoms with Gasteiger partial charge in [-0.15, -0.1) is 23.5 Å². The lowest BCUT2D eigenvalue weighted by molar-refractivity contribution is 0.706. The predicted octanol–water partition coefficient (Wildman–Crippen LogP) is 4.75. The van der Waals surface area contributed by atoms with E-state index in [2.05, 4.69) is 25.1 Å². The highest BCUT2D eigenvalue weighted by Crippen LogP contribution is 2.54. The minimum Gasteiger partial charge on any atom is -0.125 e. The van der Waals surface area contributed by atoms with E-state index in [-0.39, 0.29) is 0 Å². The van der Waals surface area contributed by atoms with Crippen LogP contribution in [0.15, 0.2) is 34.1 Å². The molecule has 15 heavy (non-hydrogen) atoms. The van der Waals surface area contributed by atoms with Crippen molar-refractivity contribution in [1.29, 1.82) is 0 Å². The first-order valence-electron chi connectivity index (χ1n) is 5.01. The minimum absolute atomic E-state index is 0.611. The average Bonchev–Trinajstić information content (AvgIpc) is 2.58. The number of hydrogen-bond donors (Lipinski definition) is 0. The van der Waals surface area contributed by atoms with Gasteiger partial charge in [0, 0.05) is 26.8 Å². The van der Waals surface area contributed by atoms with Crippen molar-refractivity contribution in [1.82, 2.24) is 0 Å². The van der Waals surface area contributed by atoms with E-state index in [1.165, 1.54) is 21.1 Å². The Kier molecular flexibility index (Phi) is 2.54. The van der Waals surface area contributed by atoms with Gasteiger partial charge in [0.25, 0.3) is 0 Å². The van der Waals surface area contributed by atoms with E-state index in [0.717, 1.165) is 5.02 Å². The fraction of sp³-hybridized carbons (Fsp3) is 0.333. The van der Waals surface area contributed by atoms with Crippen LogP contribution in [0.3, 0.4) is 0 Å². The van der Waals surface area contributed by atoms with E-state index in [0.29, 0.717) is 11.2 Å². The normalized spacial score (nSPS) is 28.3. The summed E-state index contributed by atoms with van der Waals surface area (Å²) in [6.07, 6.45) is 2.41. The standard InChI is InChI=1S/C12H11ClS2/c1-7-4-8-6-14-11-3-2-9(13)5-10(11)12(8)15-7/h2-5,8,12H,6H2,1H3. The van der Waals surface area contributed by atoms with Crippen molar-refractivity contribution >= 4 is 35.1 Å². The molecule has 2 unspecified atom stereocenters. The van der Waals surface area contributed by atoms with Crippen LogP contribution in [0.4, 0.5) is 0 Å². The molecule has 0 saturated carbocycles. The van der Waals surface area contributed by atoms with E-state index in [9.17, 15) is 0 Å². The van der Waals surface area contributed by atoms with E-state index in [4.69, 9.17) is 11.6 Å². The molecule has 1 aromatic rings. The summed E-state index contributed by atoms with van der Waals surface area (Å²) in [5, 5.41) is 1.47. The van der Waals surface area contributed by atoms with Gasteiger partial charge in [0.15, 0.2) is 0 Å². The summed E-state index contributed by atoms with van der Waals surface area (Å²) in [5.41, 5.74) is 1.43. The van der Waals surface area contributed by atoms with E-state index < -0.39 is 0 Å². The van der Waals surface area contributed by atoms with Crippen LogP contribution < -0.4 is 0 Å². The molecule has 78 valence electrons. The molecular formula is C12H11ClS2. The highest BCUT2D eigenvalue weighted by molar-refractivity contribution is 8.04. The Labute approximate surface area is 103 Å². The summed E-state index contributed by atoms with van der Waals surface area (Å²) < 4.78 is 0. The molecule has 2 aliphatic rings. The molecule has 3 heteroatoms. The summed E-state index contributed by atoms with van der Waals surface area (Å²) in [5.74, 6) is 1.91. The van der Waals surface area contributed by atoms with Crippen LogP contribution in [0.5, 0.6) is 0 Å². The van der Waals surface area contributed by atoms with Crippen molar-refractivity contribution in [3.8, 4) is 0 Å². The molecule has 1 aromatic carbocycles. The number of hydrogen-bond acceptors (Lipinski definition) is 2. The van der Waals surface area contributed by atoms with Gasteiger partial charge in [-0.25, -0.2) is 0 Å². The lowest BCUT2D eigenvalue weighted by Gasteiger charge is -2.26. The maximum atomic E-state index is 6.07. The SMILES string of the molecule is CC1=CC2CSc3ccc(Cl)cc3C2S1. The van der Waals surface area contributed by atoms with Crippen molar-refractivity contribution in [2.75, 3.05) is 5.75 Å². The molecule has 2 aliphatic heterocycles. The topological polar surface area (TPSA) is 0 Å². The van der Waals surface area contributed by atoms with Gasteiger partial charge in [-0.05, 0) is 35.6 Å². The van der Waals surface area contributed by atoms with Gasteiger partial charge in [0.2, 0.25) is 0 Å². The van der Waals surface area contributed by atoms with Crippen LogP contribution >= 0.6 is 35.1 Å². The number of halogens is 1. The zero-order valence-electron chi connectivity index (χ0n) is 8.37. The van der Waals surface area contributed by atoms with E-state index in [1.807, 2.05) is 29.6 Å². The van der Waals surface area contributed by atoms with Crippen molar-refractivity contribution in [2.24, 2.45) is 5.92 Å². The Morgan fingerprint density at radius 2 is 2.27 bits per heavy atom. The maximum absolute atomic E-state index is 6.07. The average molecular weight is 255 g/mol. The second-order valence-corrected chi connectivity index (χ2v) is 6.86. The van der Waals surface area contributed by atoms with Gasteiger partial charge in [-0.1, -0.05) is 17.7 Å². The molecule has 0 saturated heterocycles.